The Balaban J connectivity index is 1.55. The molecule has 0 bridgehead atoms. The largest absolute Gasteiger partial charge is 0.494 e. The second-order valence-corrected chi connectivity index (χ2v) is 10.4. The Morgan fingerprint density at radius 1 is 1.22 bits per heavy atom. The molecule has 2 N–H and O–H groups in total. The zero-order valence-corrected chi connectivity index (χ0v) is 23.8. The number of nitriles is 1. The summed E-state index contributed by atoms with van der Waals surface area (Å²) in [5.74, 6) is 0.524. The Morgan fingerprint density at radius 2 is 2.00 bits per heavy atom. The maximum absolute atomic E-state index is 12.3. The van der Waals surface area contributed by atoms with Crippen LogP contribution in [0.3, 0.4) is 0 Å². The number of rotatable bonds is 11. The van der Waals surface area contributed by atoms with Crippen molar-refractivity contribution in [2.24, 2.45) is 0 Å². The number of amides is 1. The first-order chi connectivity index (χ1) is 19.8. The van der Waals surface area contributed by atoms with Crippen LogP contribution in [0.2, 0.25) is 0 Å². The molecule has 0 radical (unpaired) electrons. The molecule has 0 spiro atoms. The van der Waals surface area contributed by atoms with E-state index < -0.39 is 0 Å². The zero-order valence-electron chi connectivity index (χ0n) is 23.8. The van der Waals surface area contributed by atoms with Crippen LogP contribution in [0.4, 0.5) is 23.0 Å². The fourth-order valence-corrected chi connectivity index (χ4v) is 4.80. The lowest BCUT2D eigenvalue weighted by molar-refractivity contribution is -0.111. The molecule has 1 amide bonds. The van der Waals surface area contributed by atoms with E-state index in [2.05, 4.69) is 61.0 Å². The average molecular weight is 551 g/mol. The van der Waals surface area contributed by atoms with Crippen LogP contribution in [0.1, 0.15) is 24.4 Å². The molecule has 1 aliphatic rings. The first-order valence-corrected chi connectivity index (χ1v) is 13.5. The first kappa shape index (κ1) is 27.7. The summed E-state index contributed by atoms with van der Waals surface area (Å²) in [6.45, 7) is 5.15. The van der Waals surface area contributed by atoms with Crippen LogP contribution < -0.4 is 20.3 Å². The quantitative estimate of drug-likeness (QED) is 0.246. The smallest absolute Gasteiger partial charge is 0.247 e. The van der Waals surface area contributed by atoms with Gasteiger partial charge in [0.05, 0.1) is 41.6 Å². The van der Waals surface area contributed by atoms with Crippen LogP contribution >= 0.6 is 0 Å². The summed E-state index contributed by atoms with van der Waals surface area (Å²) in [5, 5.41) is 17.1. The van der Waals surface area contributed by atoms with Gasteiger partial charge in [0, 0.05) is 54.9 Å². The fourth-order valence-electron chi connectivity index (χ4n) is 4.80. The van der Waals surface area contributed by atoms with E-state index in [0.717, 1.165) is 48.1 Å². The van der Waals surface area contributed by atoms with Crippen LogP contribution in [0.25, 0.3) is 22.2 Å². The van der Waals surface area contributed by atoms with Gasteiger partial charge in [-0.05, 0) is 45.1 Å². The van der Waals surface area contributed by atoms with Gasteiger partial charge in [0.1, 0.15) is 11.8 Å². The number of anilines is 4. The average Bonchev–Trinajstić information content (AvgIpc) is 3.75. The van der Waals surface area contributed by atoms with Crippen molar-refractivity contribution < 1.29 is 9.53 Å². The molecular formula is C31H34N8O2. The molecule has 0 unspecified atom stereocenters. The summed E-state index contributed by atoms with van der Waals surface area (Å²) < 4.78 is 8.01. The maximum Gasteiger partial charge on any atom is 0.247 e. The van der Waals surface area contributed by atoms with Gasteiger partial charge in [-0.1, -0.05) is 24.8 Å². The van der Waals surface area contributed by atoms with Crippen molar-refractivity contribution >= 4 is 39.8 Å². The van der Waals surface area contributed by atoms with Crippen molar-refractivity contribution in [3.05, 3.63) is 67.0 Å². The van der Waals surface area contributed by atoms with Crippen LogP contribution in [0.15, 0.2) is 61.4 Å². The highest BCUT2D eigenvalue weighted by atomic mass is 16.5. The molecular weight excluding hydrogens is 516 g/mol. The Kier molecular flexibility index (Phi) is 7.90. The first-order valence-electron chi connectivity index (χ1n) is 13.5. The highest BCUT2D eigenvalue weighted by Gasteiger charge is 2.27. The normalized spacial score (nSPS) is 12.7. The van der Waals surface area contributed by atoms with E-state index in [1.54, 1.807) is 13.2 Å². The number of hydrogen-bond acceptors (Lipinski definition) is 8. The number of para-hydroxylation sites is 1. The van der Waals surface area contributed by atoms with Gasteiger partial charge < -0.3 is 29.7 Å². The van der Waals surface area contributed by atoms with Crippen LogP contribution in [0, 0.1) is 11.3 Å². The summed E-state index contributed by atoms with van der Waals surface area (Å²) >= 11 is 0. The molecule has 0 saturated heterocycles. The molecule has 5 rings (SSSR count). The Bertz CT molecular complexity index is 1650. The molecule has 2 heterocycles. The van der Waals surface area contributed by atoms with Gasteiger partial charge in [0.2, 0.25) is 11.9 Å². The third kappa shape index (κ3) is 5.85. The lowest BCUT2D eigenvalue weighted by Gasteiger charge is -2.26. The highest BCUT2D eigenvalue weighted by molar-refractivity contribution is 6.02. The summed E-state index contributed by atoms with van der Waals surface area (Å²) in [6, 6.07) is 14.6. The predicted octanol–water partition coefficient (Wildman–Crippen LogP) is 5.18. The maximum atomic E-state index is 12.3. The summed E-state index contributed by atoms with van der Waals surface area (Å²) in [6.07, 6.45) is 7.14. The summed E-state index contributed by atoms with van der Waals surface area (Å²) in [5.41, 5.74) is 4.89. The highest BCUT2D eigenvalue weighted by Crippen LogP contribution is 2.42. The van der Waals surface area contributed by atoms with E-state index in [9.17, 15) is 10.1 Å². The van der Waals surface area contributed by atoms with Gasteiger partial charge in [0.15, 0.2) is 0 Å². The third-order valence-electron chi connectivity index (χ3n) is 7.15. The topological polar surface area (TPSA) is 111 Å². The van der Waals surface area contributed by atoms with E-state index >= 15 is 0 Å². The van der Waals surface area contributed by atoms with Gasteiger partial charge in [-0.25, -0.2) is 9.97 Å². The lowest BCUT2D eigenvalue weighted by Crippen LogP contribution is -2.29. The number of nitrogens with zero attached hydrogens (tertiary/aromatic N) is 6. The van der Waals surface area contributed by atoms with Gasteiger partial charge in [-0.2, -0.15) is 5.26 Å². The summed E-state index contributed by atoms with van der Waals surface area (Å²) in [7, 11) is 7.57. The third-order valence-corrected chi connectivity index (χ3v) is 7.15. The molecule has 41 heavy (non-hydrogen) atoms. The Labute approximate surface area is 239 Å². The molecule has 210 valence electrons. The van der Waals surface area contributed by atoms with Crippen molar-refractivity contribution in [3.8, 4) is 23.1 Å². The predicted molar refractivity (Wildman–Crippen MR) is 163 cm³/mol. The van der Waals surface area contributed by atoms with Crippen molar-refractivity contribution in [1.29, 1.82) is 5.26 Å². The molecule has 4 aromatic rings. The van der Waals surface area contributed by atoms with Gasteiger partial charge in [-0.15, -0.1) is 0 Å². The van der Waals surface area contributed by atoms with E-state index in [-0.39, 0.29) is 5.91 Å². The van der Waals surface area contributed by atoms with E-state index in [0.29, 0.717) is 40.4 Å². The van der Waals surface area contributed by atoms with E-state index in [1.165, 1.54) is 12.3 Å². The van der Waals surface area contributed by atoms with Crippen molar-refractivity contribution in [2.75, 3.05) is 56.9 Å². The van der Waals surface area contributed by atoms with Crippen molar-refractivity contribution in [1.82, 2.24) is 19.4 Å². The minimum Gasteiger partial charge on any atom is -0.494 e. The number of benzene rings is 2. The molecule has 10 heteroatoms. The molecule has 1 saturated carbocycles. The van der Waals surface area contributed by atoms with Crippen LogP contribution in [-0.4, -0.2) is 66.7 Å². The zero-order chi connectivity index (χ0) is 29.1. The number of hydrogen-bond donors (Lipinski definition) is 2. The molecule has 1 fully saturated rings. The molecule has 0 aliphatic heterocycles. The molecule has 10 nitrogen and oxygen atoms in total. The number of fused-ring (bicyclic) bond motifs is 1. The number of ether oxygens (including phenoxy) is 1. The summed E-state index contributed by atoms with van der Waals surface area (Å²) in [4.78, 5) is 25.7. The fraction of sp³-hybridized carbons (Fsp3) is 0.290. The van der Waals surface area contributed by atoms with Crippen LogP contribution in [-0.2, 0) is 4.79 Å². The van der Waals surface area contributed by atoms with Crippen LogP contribution in [0.5, 0.6) is 5.75 Å². The Hall–Kier alpha value is -4.88. The Morgan fingerprint density at radius 3 is 2.68 bits per heavy atom. The molecule has 2 aromatic carbocycles. The SMILES string of the molecule is C=CC(=O)Nc1cc(Nc2ncc(C#N)c(-c3cn(C4CC4)c4ccccc34)n2)c(OC)cc1N(C)CCN(C)C. The number of carbonyl (C=O) groups is 1. The standard InChI is InChI=1S/C31H34N8O2/c1-6-29(40)34-24-15-25(28(41-5)16-27(24)38(4)14-13-37(2)3)35-31-33-18-20(17-32)30(36-31)23-19-39(21-11-12-21)26-10-8-7-9-22(23)26/h6-10,15-16,18-19,21H,1,11-14H2,2-5H3,(H,34,40)(H,33,35,36). The number of aromatic nitrogens is 3. The monoisotopic (exact) mass is 550 g/mol. The molecule has 0 atom stereocenters. The minimum absolute atomic E-state index is 0.301. The van der Waals surface area contributed by atoms with E-state index in [1.807, 2.05) is 39.3 Å². The molecule has 2 aromatic heterocycles. The minimum atomic E-state index is -0.327. The van der Waals surface area contributed by atoms with Gasteiger partial charge >= 0.3 is 0 Å². The van der Waals surface area contributed by atoms with Crippen molar-refractivity contribution in [2.45, 2.75) is 18.9 Å². The number of methoxy groups -OCH3 is 1. The number of carbonyl (C=O) groups excluding carboxylic acids is 1. The lowest BCUT2D eigenvalue weighted by atomic mass is 10.1. The van der Waals surface area contributed by atoms with Gasteiger partial charge in [0.25, 0.3) is 0 Å². The number of likely N-dealkylation sites (N-methyl/N-ethyl adjacent to an activating group) is 2. The van der Waals surface area contributed by atoms with E-state index in [4.69, 9.17) is 9.72 Å². The number of nitrogens with one attached hydrogen (secondary N) is 2. The second-order valence-electron chi connectivity index (χ2n) is 10.4. The van der Waals surface area contributed by atoms with Gasteiger partial charge in [-0.3, -0.25) is 4.79 Å². The molecule has 1 aliphatic carbocycles. The van der Waals surface area contributed by atoms with Crippen molar-refractivity contribution in [3.63, 3.8) is 0 Å². The second kappa shape index (κ2) is 11.7.